The Morgan fingerprint density at radius 2 is 2.07 bits per heavy atom. The van der Waals surface area contributed by atoms with E-state index in [1.54, 1.807) is 18.4 Å². The lowest BCUT2D eigenvalue weighted by atomic mass is 10.2. The van der Waals surface area contributed by atoms with Gasteiger partial charge in [0, 0.05) is 22.6 Å². The van der Waals surface area contributed by atoms with Gasteiger partial charge in [-0.2, -0.15) is 0 Å². The number of ether oxygens (including phenoxy) is 1. The van der Waals surface area contributed by atoms with Gasteiger partial charge in [-0.3, -0.25) is 4.79 Å². The van der Waals surface area contributed by atoms with Crippen LogP contribution in [0.15, 0.2) is 35.7 Å². The number of amides is 1. The lowest BCUT2D eigenvalue weighted by molar-refractivity contribution is 0.0526. The summed E-state index contributed by atoms with van der Waals surface area (Å²) in [6.07, 6.45) is 0. The summed E-state index contributed by atoms with van der Waals surface area (Å²) in [5.74, 6) is -0.989. The molecular formula is C19H18ClN3O3S. The first-order valence-electron chi connectivity index (χ1n) is 8.28. The molecule has 0 unspecified atom stereocenters. The van der Waals surface area contributed by atoms with Crippen LogP contribution < -0.4 is 5.73 Å². The third kappa shape index (κ3) is 3.89. The average molecular weight is 404 g/mol. The zero-order valence-electron chi connectivity index (χ0n) is 14.9. The molecule has 1 amide bonds. The minimum absolute atomic E-state index is 0.260. The molecule has 0 atom stereocenters. The van der Waals surface area contributed by atoms with Gasteiger partial charge in [0.1, 0.15) is 0 Å². The number of carbonyl (C=O) groups is 2. The van der Waals surface area contributed by atoms with E-state index in [4.69, 9.17) is 22.1 Å². The van der Waals surface area contributed by atoms with Crippen LogP contribution in [0, 0.1) is 6.92 Å². The van der Waals surface area contributed by atoms with E-state index >= 15 is 0 Å². The number of hydrogen-bond donors (Lipinski definition) is 1. The van der Waals surface area contributed by atoms with Crippen LogP contribution in [0.25, 0.3) is 11.4 Å². The number of nitrogens with two attached hydrogens (primary N) is 1. The Hall–Kier alpha value is -2.64. The average Bonchev–Trinajstić information content (AvgIpc) is 3.23. The number of aromatic nitrogens is 2. The van der Waals surface area contributed by atoms with Gasteiger partial charge in [0.15, 0.2) is 0 Å². The van der Waals surface area contributed by atoms with E-state index in [1.807, 2.05) is 35.8 Å². The second-order valence-electron chi connectivity index (χ2n) is 5.83. The van der Waals surface area contributed by atoms with Crippen molar-refractivity contribution in [2.75, 3.05) is 6.61 Å². The third-order valence-corrected chi connectivity index (χ3v) is 5.33. The predicted octanol–water partition coefficient (Wildman–Crippen LogP) is 3.90. The van der Waals surface area contributed by atoms with Crippen molar-refractivity contribution >= 4 is 34.8 Å². The Balaban J connectivity index is 2.07. The quantitative estimate of drug-likeness (QED) is 0.632. The van der Waals surface area contributed by atoms with Crippen molar-refractivity contribution in [3.8, 4) is 11.4 Å². The van der Waals surface area contributed by atoms with Gasteiger partial charge in [0.2, 0.25) is 5.01 Å². The maximum atomic E-state index is 11.9. The fourth-order valence-corrected chi connectivity index (χ4v) is 3.68. The van der Waals surface area contributed by atoms with Crippen LogP contribution in [-0.2, 0) is 11.3 Å². The first kappa shape index (κ1) is 19.1. The summed E-state index contributed by atoms with van der Waals surface area (Å²) >= 11 is 7.49. The van der Waals surface area contributed by atoms with Crippen molar-refractivity contribution in [3.05, 3.63) is 62.6 Å². The maximum Gasteiger partial charge on any atom is 0.367 e. The highest BCUT2D eigenvalue weighted by atomic mass is 35.5. The zero-order valence-corrected chi connectivity index (χ0v) is 16.4. The SMILES string of the molecule is CCOC(=O)c1nc(-c2cc(C(N)=O)c(C)n2Cc2ccccc2Cl)cs1. The fraction of sp³-hybridized carbons (Fsp3) is 0.211. The smallest absolute Gasteiger partial charge is 0.367 e. The molecule has 0 radical (unpaired) electrons. The van der Waals surface area contributed by atoms with Crippen molar-refractivity contribution in [1.82, 2.24) is 9.55 Å². The van der Waals surface area contributed by atoms with E-state index in [2.05, 4.69) is 4.98 Å². The van der Waals surface area contributed by atoms with E-state index in [-0.39, 0.29) is 11.6 Å². The van der Waals surface area contributed by atoms with Crippen molar-refractivity contribution in [3.63, 3.8) is 0 Å². The van der Waals surface area contributed by atoms with Crippen LogP contribution in [0.2, 0.25) is 5.02 Å². The normalized spacial score (nSPS) is 10.8. The Bertz CT molecular complexity index is 1010. The maximum absolute atomic E-state index is 11.9. The number of esters is 1. The van der Waals surface area contributed by atoms with Crippen LogP contribution in [0.4, 0.5) is 0 Å². The molecule has 27 heavy (non-hydrogen) atoms. The lowest BCUT2D eigenvalue weighted by Gasteiger charge is -2.12. The second-order valence-corrected chi connectivity index (χ2v) is 7.09. The van der Waals surface area contributed by atoms with Crippen molar-refractivity contribution < 1.29 is 14.3 Å². The molecular weight excluding hydrogens is 386 g/mol. The Labute approximate surface area is 165 Å². The van der Waals surface area contributed by atoms with Crippen molar-refractivity contribution in [2.24, 2.45) is 5.73 Å². The van der Waals surface area contributed by atoms with Gasteiger partial charge in [0.05, 0.1) is 23.6 Å². The van der Waals surface area contributed by atoms with Gasteiger partial charge in [-0.05, 0) is 31.5 Å². The van der Waals surface area contributed by atoms with E-state index < -0.39 is 11.9 Å². The molecule has 2 heterocycles. The van der Waals surface area contributed by atoms with Gasteiger partial charge < -0.3 is 15.0 Å². The molecule has 3 aromatic rings. The van der Waals surface area contributed by atoms with Crippen molar-refractivity contribution in [2.45, 2.75) is 20.4 Å². The van der Waals surface area contributed by atoms with Crippen LogP contribution >= 0.6 is 22.9 Å². The number of primary amides is 1. The van der Waals surface area contributed by atoms with Crippen LogP contribution in [-0.4, -0.2) is 28.0 Å². The number of hydrogen-bond acceptors (Lipinski definition) is 5. The minimum atomic E-state index is -0.521. The van der Waals surface area contributed by atoms with E-state index in [1.165, 1.54) is 11.3 Å². The lowest BCUT2D eigenvalue weighted by Crippen LogP contribution is -2.13. The van der Waals surface area contributed by atoms with Gasteiger partial charge in [0.25, 0.3) is 5.91 Å². The fourth-order valence-electron chi connectivity index (χ4n) is 2.79. The Morgan fingerprint density at radius 1 is 1.33 bits per heavy atom. The van der Waals surface area contributed by atoms with Crippen LogP contribution in [0.1, 0.15) is 38.3 Å². The van der Waals surface area contributed by atoms with E-state index in [9.17, 15) is 9.59 Å². The van der Waals surface area contributed by atoms with Crippen LogP contribution in [0.5, 0.6) is 0 Å². The molecule has 2 aromatic heterocycles. The molecule has 2 N–H and O–H groups in total. The highest BCUT2D eigenvalue weighted by molar-refractivity contribution is 7.11. The Kier molecular flexibility index (Phi) is 5.62. The summed E-state index contributed by atoms with van der Waals surface area (Å²) in [7, 11) is 0. The molecule has 8 heteroatoms. The first-order chi connectivity index (χ1) is 12.9. The number of thiazole rings is 1. The molecule has 6 nitrogen and oxygen atoms in total. The Morgan fingerprint density at radius 3 is 2.74 bits per heavy atom. The molecule has 0 aliphatic carbocycles. The largest absolute Gasteiger partial charge is 0.461 e. The second kappa shape index (κ2) is 7.94. The standard InChI is InChI=1S/C19H18ClN3O3S/c1-3-26-19(25)18-22-15(10-27-18)16-8-13(17(21)24)11(2)23(16)9-12-6-4-5-7-14(12)20/h4-8,10H,3,9H2,1-2H3,(H2,21,24). The molecule has 1 aromatic carbocycles. The first-order valence-corrected chi connectivity index (χ1v) is 9.54. The molecule has 140 valence electrons. The van der Waals surface area contributed by atoms with Crippen molar-refractivity contribution in [1.29, 1.82) is 0 Å². The topological polar surface area (TPSA) is 87.2 Å². The van der Waals surface area contributed by atoms with E-state index in [0.29, 0.717) is 34.2 Å². The summed E-state index contributed by atoms with van der Waals surface area (Å²) in [6.45, 7) is 4.28. The van der Waals surface area contributed by atoms with Gasteiger partial charge >= 0.3 is 5.97 Å². The van der Waals surface area contributed by atoms with Crippen LogP contribution in [0.3, 0.4) is 0 Å². The third-order valence-electron chi connectivity index (χ3n) is 4.13. The molecule has 0 saturated heterocycles. The van der Waals surface area contributed by atoms with Gasteiger partial charge in [-0.25, -0.2) is 9.78 Å². The summed E-state index contributed by atoms with van der Waals surface area (Å²) in [6, 6.07) is 9.18. The molecule has 3 rings (SSSR count). The minimum Gasteiger partial charge on any atom is -0.461 e. The number of halogens is 1. The predicted molar refractivity (Wildman–Crippen MR) is 105 cm³/mol. The summed E-state index contributed by atoms with van der Waals surface area (Å²) in [5, 5.41) is 2.65. The molecule has 0 fully saturated rings. The zero-order chi connectivity index (χ0) is 19.6. The highest BCUT2D eigenvalue weighted by Gasteiger charge is 2.21. The monoisotopic (exact) mass is 403 g/mol. The highest BCUT2D eigenvalue weighted by Crippen LogP contribution is 2.29. The summed E-state index contributed by atoms with van der Waals surface area (Å²) in [4.78, 5) is 28.1. The van der Waals surface area contributed by atoms with E-state index in [0.717, 1.165) is 5.56 Å². The molecule has 0 bridgehead atoms. The number of nitrogens with zero attached hydrogens (tertiary/aromatic N) is 2. The number of rotatable bonds is 6. The molecule has 0 saturated carbocycles. The summed E-state index contributed by atoms with van der Waals surface area (Å²) < 4.78 is 6.92. The van der Waals surface area contributed by atoms with Gasteiger partial charge in [-0.15, -0.1) is 11.3 Å². The number of benzene rings is 1. The number of carbonyl (C=O) groups excluding carboxylic acids is 2. The summed E-state index contributed by atoms with van der Waals surface area (Å²) in [5.41, 5.74) is 8.80. The molecule has 0 aliphatic heterocycles. The molecule has 0 aliphatic rings. The van der Waals surface area contributed by atoms with Gasteiger partial charge in [-0.1, -0.05) is 29.8 Å². The molecule has 0 spiro atoms.